The molecular formula is C20H28N2O2. The highest BCUT2D eigenvalue weighted by Crippen LogP contribution is 2.18. The minimum absolute atomic E-state index is 0.692. The van der Waals surface area contributed by atoms with Crippen LogP contribution in [0.4, 0.5) is 11.4 Å². The molecule has 0 saturated heterocycles. The van der Waals surface area contributed by atoms with E-state index in [1.54, 1.807) is 0 Å². The number of rotatable bonds is 11. The maximum atomic E-state index is 5.73. The van der Waals surface area contributed by atoms with Gasteiger partial charge in [0.15, 0.2) is 0 Å². The Morgan fingerprint density at radius 1 is 0.792 bits per heavy atom. The molecule has 0 unspecified atom stereocenters. The van der Waals surface area contributed by atoms with Gasteiger partial charge in [0.2, 0.25) is 0 Å². The molecule has 2 aromatic rings. The van der Waals surface area contributed by atoms with Crippen molar-refractivity contribution >= 4 is 11.4 Å². The van der Waals surface area contributed by atoms with Gasteiger partial charge in [-0.15, -0.1) is 0 Å². The molecule has 0 bridgehead atoms. The minimum atomic E-state index is 0.692. The maximum Gasteiger partial charge on any atom is 0.121 e. The van der Waals surface area contributed by atoms with Crippen LogP contribution in [0, 0.1) is 0 Å². The normalized spacial score (nSPS) is 10.2. The van der Waals surface area contributed by atoms with E-state index in [-0.39, 0.29) is 0 Å². The molecule has 0 aliphatic rings. The van der Waals surface area contributed by atoms with Gasteiger partial charge in [-0.2, -0.15) is 0 Å². The van der Waals surface area contributed by atoms with Gasteiger partial charge in [-0.3, -0.25) is 0 Å². The second-order valence-electron chi connectivity index (χ2n) is 5.54. The Balaban J connectivity index is 1.70. The van der Waals surface area contributed by atoms with E-state index < -0.39 is 0 Å². The summed E-state index contributed by atoms with van der Waals surface area (Å²) in [6.07, 6.45) is 2.23. The van der Waals surface area contributed by atoms with E-state index in [2.05, 4.69) is 23.6 Å². The fourth-order valence-corrected chi connectivity index (χ4v) is 2.28. The third-order valence-corrected chi connectivity index (χ3v) is 3.55. The van der Waals surface area contributed by atoms with Crippen molar-refractivity contribution in [3.8, 4) is 11.5 Å². The Hall–Kier alpha value is -2.36. The molecule has 4 nitrogen and oxygen atoms in total. The molecule has 0 amide bonds. The molecule has 0 aliphatic heterocycles. The Labute approximate surface area is 145 Å². The number of unbranched alkanes of at least 4 members (excludes halogenated alkanes) is 1. The van der Waals surface area contributed by atoms with Crippen molar-refractivity contribution in [2.24, 2.45) is 0 Å². The summed E-state index contributed by atoms with van der Waals surface area (Å²) < 4.78 is 11.2. The van der Waals surface area contributed by atoms with Crippen molar-refractivity contribution < 1.29 is 9.47 Å². The number of nitrogens with one attached hydrogen (secondary N) is 2. The summed E-state index contributed by atoms with van der Waals surface area (Å²) in [5.74, 6) is 1.83. The first-order chi connectivity index (χ1) is 11.8. The number of hydrogen-bond donors (Lipinski definition) is 2. The van der Waals surface area contributed by atoms with Gasteiger partial charge in [0.25, 0.3) is 0 Å². The fourth-order valence-electron chi connectivity index (χ4n) is 2.28. The molecular weight excluding hydrogens is 300 g/mol. The van der Waals surface area contributed by atoms with Gasteiger partial charge in [0.05, 0.1) is 13.2 Å². The predicted octanol–water partition coefficient (Wildman–Crippen LogP) is 4.79. The lowest BCUT2D eigenvalue weighted by Crippen LogP contribution is -2.13. The summed E-state index contributed by atoms with van der Waals surface area (Å²) in [6.45, 7) is 7.30. The van der Waals surface area contributed by atoms with Crippen LogP contribution in [-0.2, 0) is 0 Å². The summed E-state index contributed by atoms with van der Waals surface area (Å²) in [4.78, 5) is 0. The number of benzene rings is 2. The van der Waals surface area contributed by atoms with Crippen LogP contribution in [0.2, 0.25) is 0 Å². The van der Waals surface area contributed by atoms with Crippen LogP contribution in [-0.4, -0.2) is 26.3 Å². The zero-order chi connectivity index (χ0) is 17.0. The van der Waals surface area contributed by atoms with E-state index in [0.717, 1.165) is 55.4 Å². The van der Waals surface area contributed by atoms with Crippen LogP contribution in [0.1, 0.15) is 26.7 Å². The van der Waals surface area contributed by atoms with Crippen molar-refractivity contribution in [2.45, 2.75) is 26.7 Å². The van der Waals surface area contributed by atoms with E-state index in [1.807, 2.05) is 49.4 Å². The van der Waals surface area contributed by atoms with Gasteiger partial charge in [-0.05, 0) is 49.7 Å². The van der Waals surface area contributed by atoms with Crippen LogP contribution in [0.3, 0.4) is 0 Å². The summed E-state index contributed by atoms with van der Waals surface area (Å²) in [7, 11) is 0. The third-order valence-electron chi connectivity index (χ3n) is 3.55. The Morgan fingerprint density at radius 2 is 1.54 bits per heavy atom. The predicted molar refractivity (Wildman–Crippen MR) is 101 cm³/mol. The van der Waals surface area contributed by atoms with Crippen molar-refractivity contribution in [1.29, 1.82) is 0 Å². The third kappa shape index (κ3) is 6.41. The molecule has 0 atom stereocenters. The molecule has 0 aromatic heterocycles. The minimum Gasteiger partial charge on any atom is -0.494 e. The van der Waals surface area contributed by atoms with Gasteiger partial charge >= 0.3 is 0 Å². The fraction of sp³-hybridized carbons (Fsp3) is 0.400. The van der Waals surface area contributed by atoms with Gasteiger partial charge in [-0.25, -0.2) is 0 Å². The summed E-state index contributed by atoms with van der Waals surface area (Å²) in [5, 5.41) is 6.80. The summed E-state index contributed by atoms with van der Waals surface area (Å²) in [5.41, 5.74) is 2.18. The quantitative estimate of drug-likeness (QED) is 0.582. The maximum absolute atomic E-state index is 5.73. The average Bonchev–Trinajstić information content (AvgIpc) is 2.61. The second-order valence-corrected chi connectivity index (χ2v) is 5.54. The zero-order valence-electron chi connectivity index (χ0n) is 14.7. The van der Waals surface area contributed by atoms with Crippen LogP contribution in [0.15, 0.2) is 48.5 Å². The van der Waals surface area contributed by atoms with E-state index >= 15 is 0 Å². The molecule has 24 heavy (non-hydrogen) atoms. The van der Waals surface area contributed by atoms with Crippen molar-refractivity contribution in [3.63, 3.8) is 0 Å². The molecule has 0 aliphatic carbocycles. The zero-order valence-corrected chi connectivity index (χ0v) is 14.7. The first kappa shape index (κ1) is 18.0. The van der Waals surface area contributed by atoms with Crippen LogP contribution < -0.4 is 20.1 Å². The topological polar surface area (TPSA) is 42.5 Å². The molecule has 2 rings (SSSR count). The number of hydrogen-bond acceptors (Lipinski definition) is 4. The lowest BCUT2D eigenvalue weighted by Gasteiger charge is -2.11. The first-order valence-corrected chi connectivity index (χ1v) is 8.75. The van der Waals surface area contributed by atoms with Crippen LogP contribution in [0.25, 0.3) is 0 Å². The SMILES string of the molecule is CCCCOc1cccc(NCCNc2ccc(OCC)cc2)c1. The van der Waals surface area contributed by atoms with E-state index in [0.29, 0.717) is 6.61 Å². The van der Waals surface area contributed by atoms with Gasteiger partial charge < -0.3 is 20.1 Å². The van der Waals surface area contributed by atoms with Gasteiger partial charge in [-0.1, -0.05) is 19.4 Å². The smallest absolute Gasteiger partial charge is 0.121 e. The summed E-state index contributed by atoms with van der Waals surface area (Å²) in [6, 6.07) is 16.2. The Kier molecular flexibility index (Phi) is 7.81. The van der Waals surface area contributed by atoms with E-state index in [1.165, 1.54) is 0 Å². The summed E-state index contributed by atoms with van der Waals surface area (Å²) >= 11 is 0. The number of anilines is 2. The molecule has 0 spiro atoms. The standard InChI is InChI=1S/C20H28N2O2/c1-3-5-15-24-20-8-6-7-18(16-20)22-14-13-21-17-9-11-19(12-10-17)23-4-2/h6-12,16,21-22H,3-5,13-15H2,1-2H3. The van der Waals surface area contributed by atoms with Gasteiger partial charge in [0.1, 0.15) is 11.5 Å². The monoisotopic (exact) mass is 328 g/mol. The molecule has 130 valence electrons. The highest BCUT2D eigenvalue weighted by atomic mass is 16.5. The highest BCUT2D eigenvalue weighted by molar-refractivity contribution is 5.49. The molecule has 2 aromatic carbocycles. The lowest BCUT2D eigenvalue weighted by atomic mass is 10.3. The molecule has 4 heteroatoms. The first-order valence-electron chi connectivity index (χ1n) is 8.75. The Morgan fingerprint density at radius 3 is 2.25 bits per heavy atom. The average molecular weight is 328 g/mol. The highest BCUT2D eigenvalue weighted by Gasteiger charge is 1.98. The number of ether oxygens (including phenoxy) is 2. The lowest BCUT2D eigenvalue weighted by molar-refractivity contribution is 0.309. The van der Waals surface area contributed by atoms with Gasteiger partial charge in [0, 0.05) is 30.5 Å². The molecule has 0 saturated carbocycles. The largest absolute Gasteiger partial charge is 0.494 e. The molecule has 0 heterocycles. The van der Waals surface area contributed by atoms with E-state index in [9.17, 15) is 0 Å². The van der Waals surface area contributed by atoms with Crippen molar-refractivity contribution in [3.05, 3.63) is 48.5 Å². The second kappa shape index (κ2) is 10.4. The van der Waals surface area contributed by atoms with Crippen molar-refractivity contribution in [1.82, 2.24) is 0 Å². The van der Waals surface area contributed by atoms with Crippen LogP contribution in [0.5, 0.6) is 11.5 Å². The van der Waals surface area contributed by atoms with Crippen molar-refractivity contribution in [2.75, 3.05) is 36.9 Å². The Bertz CT molecular complexity index is 584. The van der Waals surface area contributed by atoms with Crippen LogP contribution >= 0.6 is 0 Å². The molecule has 0 radical (unpaired) electrons. The molecule has 2 N–H and O–H groups in total. The molecule has 0 fully saturated rings. The van der Waals surface area contributed by atoms with E-state index in [4.69, 9.17) is 9.47 Å².